The first-order valence-corrected chi connectivity index (χ1v) is 6.11. The second-order valence-corrected chi connectivity index (χ2v) is 5.05. The van der Waals surface area contributed by atoms with Gasteiger partial charge in [0.15, 0.2) is 0 Å². The van der Waals surface area contributed by atoms with E-state index in [0.29, 0.717) is 12.0 Å². The lowest BCUT2D eigenvalue weighted by atomic mass is 9.73. The van der Waals surface area contributed by atoms with Gasteiger partial charge in [-0.05, 0) is 43.4 Å². The molecule has 0 radical (unpaired) electrons. The van der Waals surface area contributed by atoms with Crippen molar-refractivity contribution in [1.29, 1.82) is 0 Å². The maximum absolute atomic E-state index is 11.0. The van der Waals surface area contributed by atoms with Gasteiger partial charge in [0.25, 0.3) is 0 Å². The number of hydrogen-bond donors (Lipinski definition) is 1. The van der Waals surface area contributed by atoms with Crippen molar-refractivity contribution in [2.45, 2.75) is 31.7 Å². The second kappa shape index (κ2) is 3.70. The molecule has 1 saturated heterocycles. The second-order valence-electron chi connectivity index (χ2n) is 5.05. The molecule has 0 spiro atoms. The van der Waals surface area contributed by atoms with Crippen molar-refractivity contribution in [3.63, 3.8) is 0 Å². The zero-order chi connectivity index (χ0) is 11.1. The summed E-state index contributed by atoms with van der Waals surface area (Å²) >= 11 is 0. The van der Waals surface area contributed by atoms with Crippen molar-refractivity contribution in [3.8, 4) is 0 Å². The fourth-order valence-electron chi connectivity index (χ4n) is 3.47. The van der Waals surface area contributed by atoms with E-state index in [-0.39, 0.29) is 0 Å². The predicted octanol–water partition coefficient (Wildman–Crippen LogP) is 2.14. The van der Waals surface area contributed by atoms with Crippen molar-refractivity contribution in [1.82, 2.24) is 5.32 Å². The Morgan fingerprint density at radius 2 is 2.31 bits per heavy atom. The van der Waals surface area contributed by atoms with E-state index in [4.69, 9.17) is 0 Å². The van der Waals surface area contributed by atoms with Crippen LogP contribution in [-0.2, 0) is 6.42 Å². The zero-order valence-electron chi connectivity index (χ0n) is 9.57. The average molecular weight is 215 g/mol. The van der Waals surface area contributed by atoms with E-state index < -0.39 is 0 Å². The molecular weight excluding hydrogens is 198 g/mol. The van der Waals surface area contributed by atoms with Crippen LogP contribution in [0.2, 0.25) is 0 Å². The molecule has 1 aromatic rings. The first-order chi connectivity index (χ1) is 7.81. The summed E-state index contributed by atoms with van der Waals surface area (Å²) in [7, 11) is 0. The largest absolute Gasteiger partial charge is 0.313 e. The Balaban J connectivity index is 2.11. The lowest BCUT2D eigenvalue weighted by molar-refractivity contribution is 0.112. The predicted molar refractivity (Wildman–Crippen MR) is 63.8 cm³/mol. The SMILES string of the molecule is CC1NCC2CCc3c(C=O)cccc3C21. The van der Waals surface area contributed by atoms with Crippen LogP contribution in [0.25, 0.3) is 0 Å². The highest BCUT2D eigenvalue weighted by Gasteiger charge is 2.38. The Bertz CT molecular complexity index is 427. The summed E-state index contributed by atoms with van der Waals surface area (Å²) in [5, 5.41) is 3.55. The van der Waals surface area contributed by atoms with Gasteiger partial charge in [0.05, 0.1) is 0 Å². The third kappa shape index (κ3) is 1.33. The van der Waals surface area contributed by atoms with Gasteiger partial charge in [-0.25, -0.2) is 0 Å². The van der Waals surface area contributed by atoms with Gasteiger partial charge in [-0.15, -0.1) is 0 Å². The molecule has 84 valence electrons. The molecule has 3 rings (SSSR count). The van der Waals surface area contributed by atoms with Gasteiger partial charge in [-0.1, -0.05) is 18.2 Å². The molecule has 1 N–H and O–H groups in total. The lowest BCUT2D eigenvalue weighted by Gasteiger charge is -2.30. The molecule has 2 aliphatic rings. The number of carbonyl (C=O) groups is 1. The van der Waals surface area contributed by atoms with Crippen molar-refractivity contribution >= 4 is 6.29 Å². The van der Waals surface area contributed by atoms with Crippen molar-refractivity contribution < 1.29 is 4.79 Å². The summed E-state index contributed by atoms with van der Waals surface area (Å²) in [5.41, 5.74) is 3.61. The fraction of sp³-hybridized carbons (Fsp3) is 0.500. The fourth-order valence-corrected chi connectivity index (χ4v) is 3.47. The monoisotopic (exact) mass is 215 g/mol. The molecular formula is C14H17NO. The Morgan fingerprint density at radius 1 is 1.44 bits per heavy atom. The molecule has 1 aromatic carbocycles. The standard InChI is InChI=1S/C14H17NO/c1-9-14-10(7-15-9)5-6-12-11(8-16)3-2-4-13(12)14/h2-4,8-10,14-15H,5-7H2,1H3. The van der Waals surface area contributed by atoms with Crippen LogP contribution >= 0.6 is 0 Å². The van der Waals surface area contributed by atoms with E-state index in [0.717, 1.165) is 30.7 Å². The Kier molecular flexibility index (Phi) is 2.32. The van der Waals surface area contributed by atoms with Crippen LogP contribution < -0.4 is 5.32 Å². The minimum Gasteiger partial charge on any atom is -0.313 e. The third-order valence-corrected chi connectivity index (χ3v) is 4.25. The molecule has 2 nitrogen and oxygen atoms in total. The number of benzene rings is 1. The Labute approximate surface area is 96.1 Å². The number of rotatable bonds is 1. The topological polar surface area (TPSA) is 29.1 Å². The molecule has 1 aliphatic carbocycles. The van der Waals surface area contributed by atoms with Gasteiger partial charge in [0, 0.05) is 17.5 Å². The highest BCUT2D eigenvalue weighted by Crippen LogP contribution is 2.42. The number of aldehydes is 1. The van der Waals surface area contributed by atoms with Gasteiger partial charge >= 0.3 is 0 Å². The van der Waals surface area contributed by atoms with E-state index >= 15 is 0 Å². The summed E-state index contributed by atoms with van der Waals surface area (Å²) < 4.78 is 0. The molecule has 0 aromatic heterocycles. The summed E-state index contributed by atoms with van der Waals surface area (Å²) in [5.74, 6) is 1.38. The number of fused-ring (bicyclic) bond motifs is 3. The highest BCUT2D eigenvalue weighted by molar-refractivity contribution is 5.78. The molecule has 0 amide bonds. The Hall–Kier alpha value is -1.15. The minimum absolute atomic E-state index is 0.547. The summed E-state index contributed by atoms with van der Waals surface area (Å²) in [6, 6.07) is 6.73. The molecule has 16 heavy (non-hydrogen) atoms. The van der Waals surface area contributed by atoms with E-state index in [1.165, 1.54) is 17.5 Å². The molecule has 3 unspecified atom stereocenters. The molecule has 3 atom stereocenters. The van der Waals surface area contributed by atoms with Crippen LogP contribution in [0.3, 0.4) is 0 Å². The maximum Gasteiger partial charge on any atom is 0.150 e. The lowest BCUT2D eigenvalue weighted by Crippen LogP contribution is -2.25. The van der Waals surface area contributed by atoms with Crippen LogP contribution in [0.5, 0.6) is 0 Å². The summed E-state index contributed by atoms with van der Waals surface area (Å²) in [4.78, 5) is 11.0. The zero-order valence-corrected chi connectivity index (χ0v) is 9.57. The van der Waals surface area contributed by atoms with E-state index in [9.17, 15) is 4.79 Å². The van der Waals surface area contributed by atoms with E-state index in [2.05, 4.69) is 18.3 Å². The molecule has 1 fully saturated rings. The molecule has 2 heteroatoms. The van der Waals surface area contributed by atoms with Gasteiger partial charge in [-0.3, -0.25) is 4.79 Å². The minimum atomic E-state index is 0.547. The first-order valence-electron chi connectivity index (χ1n) is 6.11. The van der Waals surface area contributed by atoms with Crippen molar-refractivity contribution in [3.05, 3.63) is 34.9 Å². The highest BCUT2D eigenvalue weighted by atomic mass is 16.1. The van der Waals surface area contributed by atoms with Gasteiger partial charge in [0.2, 0.25) is 0 Å². The number of hydrogen-bond acceptors (Lipinski definition) is 2. The van der Waals surface area contributed by atoms with Crippen molar-refractivity contribution in [2.24, 2.45) is 5.92 Å². The van der Waals surface area contributed by atoms with Crippen LogP contribution in [0.15, 0.2) is 18.2 Å². The maximum atomic E-state index is 11.0. The number of nitrogens with one attached hydrogen (secondary N) is 1. The van der Waals surface area contributed by atoms with E-state index in [1.807, 2.05) is 12.1 Å². The third-order valence-electron chi connectivity index (χ3n) is 4.25. The van der Waals surface area contributed by atoms with Gasteiger partial charge in [0.1, 0.15) is 6.29 Å². The van der Waals surface area contributed by atoms with Crippen LogP contribution in [0.4, 0.5) is 0 Å². The molecule has 1 aliphatic heterocycles. The van der Waals surface area contributed by atoms with Crippen LogP contribution in [0, 0.1) is 5.92 Å². The van der Waals surface area contributed by atoms with Crippen molar-refractivity contribution in [2.75, 3.05) is 6.54 Å². The van der Waals surface area contributed by atoms with Gasteiger partial charge < -0.3 is 5.32 Å². The van der Waals surface area contributed by atoms with E-state index in [1.54, 1.807) is 0 Å². The van der Waals surface area contributed by atoms with Crippen LogP contribution in [-0.4, -0.2) is 18.9 Å². The smallest absolute Gasteiger partial charge is 0.150 e. The number of carbonyl (C=O) groups excluding carboxylic acids is 1. The molecule has 0 bridgehead atoms. The first kappa shape index (κ1) is 10.0. The average Bonchev–Trinajstić information content (AvgIpc) is 2.70. The summed E-state index contributed by atoms with van der Waals surface area (Å²) in [6.07, 6.45) is 3.30. The van der Waals surface area contributed by atoms with Gasteiger partial charge in [-0.2, -0.15) is 0 Å². The summed E-state index contributed by atoms with van der Waals surface area (Å²) in [6.45, 7) is 3.39. The molecule has 0 saturated carbocycles. The molecule has 1 heterocycles. The Morgan fingerprint density at radius 3 is 3.12 bits per heavy atom. The quantitative estimate of drug-likeness (QED) is 0.727. The van der Waals surface area contributed by atoms with Crippen LogP contribution in [0.1, 0.15) is 40.7 Å². The normalized spacial score (nSPS) is 31.9.